The number of allylic oxidation sites excluding steroid dienone is 1. The number of hydrogen-bond acceptors (Lipinski definition) is 4. The van der Waals surface area contributed by atoms with Crippen LogP contribution in [0.25, 0.3) is 0 Å². The molecule has 0 rings (SSSR count). The van der Waals surface area contributed by atoms with Crippen molar-refractivity contribution in [2.75, 3.05) is 21.3 Å². The molecular formula is C7H16O4Si. The zero-order chi connectivity index (χ0) is 9.40. The molecule has 12 heavy (non-hydrogen) atoms. The molecule has 0 radical (unpaired) electrons. The summed E-state index contributed by atoms with van der Waals surface area (Å²) in [4.78, 5) is 0. The molecule has 0 aromatic rings. The average Bonchev–Trinajstić information content (AvgIpc) is 2.13. The van der Waals surface area contributed by atoms with Gasteiger partial charge in [0, 0.05) is 14.2 Å². The summed E-state index contributed by atoms with van der Waals surface area (Å²) < 4.78 is 20.2. The number of hydrogen-bond donors (Lipinski definition) is 0. The molecular weight excluding hydrogens is 176 g/mol. The van der Waals surface area contributed by atoms with Crippen molar-refractivity contribution in [3.05, 3.63) is 12.0 Å². The Morgan fingerprint density at radius 1 is 1.25 bits per heavy atom. The van der Waals surface area contributed by atoms with E-state index < -0.39 is 9.76 Å². The van der Waals surface area contributed by atoms with E-state index in [1.807, 2.05) is 6.92 Å². The monoisotopic (exact) mass is 192 g/mol. The van der Waals surface area contributed by atoms with Crippen molar-refractivity contribution in [2.45, 2.75) is 12.8 Å². The van der Waals surface area contributed by atoms with Crippen LogP contribution in [0, 0.1) is 0 Å². The van der Waals surface area contributed by atoms with E-state index in [0.717, 1.165) is 0 Å². The van der Waals surface area contributed by atoms with Gasteiger partial charge in [-0.25, -0.2) is 0 Å². The van der Waals surface area contributed by atoms with Gasteiger partial charge in [0.2, 0.25) is 0 Å². The minimum Gasteiger partial charge on any atom is -0.519 e. The van der Waals surface area contributed by atoms with Crippen LogP contribution in [0.1, 0.15) is 6.92 Å². The Balaban J connectivity index is 3.64. The molecule has 0 heterocycles. The molecule has 0 fully saturated rings. The van der Waals surface area contributed by atoms with Gasteiger partial charge in [-0.1, -0.05) is 0 Å². The van der Waals surface area contributed by atoms with Crippen molar-refractivity contribution in [3.63, 3.8) is 0 Å². The first kappa shape index (κ1) is 11.5. The second kappa shape index (κ2) is 7.14. The van der Waals surface area contributed by atoms with Gasteiger partial charge in [-0.05, 0) is 13.0 Å². The van der Waals surface area contributed by atoms with E-state index >= 15 is 0 Å². The molecule has 0 aliphatic heterocycles. The van der Waals surface area contributed by atoms with Crippen LogP contribution in [0.4, 0.5) is 0 Å². The maximum Gasteiger partial charge on any atom is 0.282 e. The van der Waals surface area contributed by atoms with Gasteiger partial charge < -0.3 is 18.6 Å². The summed E-state index contributed by atoms with van der Waals surface area (Å²) in [5.41, 5.74) is 0. The van der Waals surface area contributed by atoms with Gasteiger partial charge in [0.25, 0.3) is 15.7 Å². The fourth-order valence-corrected chi connectivity index (χ4v) is 1.50. The Hall–Kier alpha value is -0.523. The Morgan fingerprint density at radius 3 is 2.17 bits per heavy atom. The predicted molar refractivity (Wildman–Crippen MR) is 48.2 cm³/mol. The second-order valence-corrected chi connectivity index (χ2v) is 3.31. The molecule has 0 aliphatic rings. The summed E-state index contributed by atoms with van der Waals surface area (Å²) in [6.45, 7) is 1.85. The van der Waals surface area contributed by atoms with Gasteiger partial charge in [-0.15, -0.1) is 0 Å². The van der Waals surface area contributed by atoms with Crippen LogP contribution in [-0.4, -0.2) is 37.0 Å². The van der Waals surface area contributed by atoms with Crippen LogP contribution >= 0.6 is 0 Å². The lowest BCUT2D eigenvalue weighted by Gasteiger charge is -2.14. The van der Waals surface area contributed by atoms with Crippen LogP contribution in [0.2, 0.25) is 0 Å². The molecule has 0 aliphatic carbocycles. The highest BCUT2D eigenvalue weighted by molar-refractivity contribution is 6.28. The first-order valence-electron chi connectivity index (χ1n) is 3.67. The SMILES string of the molecule is CC=C(OC)O[SiH2]C(OC)OC. The first-order chi connectivity index (χ1) is 5.78. The summed E-state index contributed by atoms with van der Waals surface area (Å²) in [6, 6.07) is 0. The maximum absolute atomic E-state index is 5.31. The highest BCUT2D eigenvalue weighted by Crippen LogP contribution is 1.98. The van der Waals surface area contributed by atoms with E-state index in [2.05, 4.69) is 0 Å². The lowest BCUT2D eigenvalue weighted by atomic mass is 10.7. The molecule has 0 bridgehead atoms. The summed E-state index contributed by atoms with van der Waals surface area (Å²) >= 11 is 0. The molecule has 4 nitrogen and oxygen atoms in total. The first-order valence-corrected chi connectivity index (χ1v) is 5.06. The number of ether oxygens (including phenoxy) is 3. The van der Waals surface area contributed by atoms with Crippen molar-refractivity contribution in [1.29, 1.82) is 0 Å². The van der Waals surface area contributed by atoms with Crippen LogP contribution in [0.3, 0.4) is 0 Å². The van der Waals surface area contributed by atoms with E-state index in [1.54, 1.807) is 27.4 Å². The third kappa shape index (κ3) is 4.37. The summed E-state index contributed by atoms with van der Waals surface area (Å²) in [5, 5.41) is 0. The third-order valence-electron chi connectivity index (χ3n) is 1.32. The Morgan fingerprint density at radius 2 is 1.83 bits per heavy atom. The fourth-order valence-electron chi connectivity index (χ4n) is 0.643. The number of rotatable bonds is 6. The summed E-state index contributed by atoms with van der Waals surface area (Å²) in [5.74, 6) is 0.316. The normalized spacial score (nSPS) is 12.9. The van der Waals surface area contributed by atoms with Gasteiger partial charge >= 0.3 is 0 Å². The van der Waals surface area contributed by atoms with Gasteiger partial charge in [0.1, 0.15) is 0 Å². The summed E-state index contributed by atoms with van der Waals surface area (Å²) in [7, 11) is 3.87. The van der Waals surface area contributed by atoms with Gasteiger partial charge in [-0.3, -0.25) is 0 Å². The number of methoxy groups -OCH3 is 3. The largest absolute Gasteiger partial charge is 0.519 e. The molecule has 0 aromatic heterocycles. The topological polar surface area (TPSA) is 36.9 Å². The summed E-state index contributed by atoms with van der Waals surface area (Å²) in [6.07, 6.45) is 1.76. The minimum atomic E-state index is -0.882. The molecule has 0 saturated heterocycles. The lowest BCUT2D eigenvalue weighted by molar-refractivity contribution is -0.0536. The van der Waals surface area contributed by atoms with Crippen LogP contribution in [0.15, 0.2) is 12.0 Å². The van der Waals surface area contributed by atoms with Crippen LogP contribution in [-0.2, 0) is 18.6 Å². The Labute approximate surface area is 75.4 Å². The zero-order valence-corrected chi connectivity index (χ0v) is 9.41. The molecule has 0 N–H and O–H groups in total. The Bertz CT molecular complexity index is 133. The lowest BCUT2D eigenvalue weighted by Crippen LogP contribution is -2.23. The molecule has 0 spiro atoms. The molecule has 72 valence electrons. The zero-order valence-electron chi connectivity index (χ0n) is 7.99. The predicted octanol–water partition coefficient (Wildman–Crippen LogP) is 0.171. The van der Waals surface area contributed by atoms with E-state index in [1.165, 1.54) is 0 Å². The van der Waals surface area contributed by atoms with Crippen molar-refractivity contribution in [2.24, 2.45) is 0 Å². The van der Waals surface area contributed by atoms with Crippen LogP contribution in [0.5, 0.6) is 0 Å². The van der Waals surface area contributed by atoms with Crippen molar-refractivity contribution < 1.29 is 18.6 Å². The van der Waals surface area contributed by atoms with Gasteiger partial charge in [0.05, 0.1) is 7.11 Å². The van der Waals surface area contributed by atoms with E-state index in [0.29, 0.717) is 5.95 Å². The van der Waals surface area contributed by atoms with E-state index in [9.17, 15) is 0 Å². The van der Waals surface area contributed by atoms with Crippen molar-refractivity contribution in [1.82, 2.24) is 0 Å². The molecule has 0 amide bonds. The van der Waals surface area contributed by atoms with E-state index in [4.69, 9.17) is 18.6 Å². The standard InChI is InChI=1S/C7H16O4Si/c1-5-6(8-2)11-12-7(9-3)10-4/h5,7H,12H2,1-4H3. The Kier molecular flexibility index (Phi) is 6.83. The van der Waals surface area contributed by atoms with E-state index in [-0.39, 0.29) is 5.91 Å². The van der Waals surface area contributed by atoms with Gasteiger partial charge in [0.15, 0.2) is 5.91 Å². The van der Waals surface area contributed by atoms with Crippen molar-refractivity contribution in [3.8, 4) is 0 Å². The molecule has 0 atom stereocenters. The quantitative estimate of drug-likeness (QED) is 0.341. The molecule has 0 saturated carbocycles. The maximum atomic E-state index is 5.31. The smallest absolute Gasteiger partial charge is 0.282 e. The average molecular weight is 192 g/mol. The van der Waals surface area contributed by atoms with Gasteiger partial charge in [-0.2, -0.15) is 0 Å². The molecule has 5 heteroatoms. The molecule has 0 aromatic carbocycles. The third-order valence-corrected chi connectivity index (χ3v) is 2.71. The highest BCUT2D eigenvalue weighted by atomic mass is 28.2. The highest BCUT2D eigenvalue weighted by Gasteiger charge is 2.08. The van der Waals surface area contributed by atoms with Crippen molar-refractivity contribution >= 4 is 9.76 Å². The second-order valence-electron chi connectivity index (χ2n) is 2.02. The fraction of sp³-hybridized carbons (Fsp3) is 0.714. The minimum absolute atomic E-state index is 0.213. The van der Waals surface area contributed by atoms with Crippen LogP contribution < -0.4 is 0 Å². The molecule has 0 unspecified atom stereocenters.